The van der Waals surface area contributed by atoms with E-state index in [1.54, 1.807) is 0 Å². The first-order valence-corrected chi connectivity index (χ1v) is 19.1. The quantitative estimate of drug-likeness (QED) is 0.132. The Balaban J connectivity index is 1.01. The summed E-state index contributed by atoms with van der Waals surface area (Å²) in [6.45, 7) is 8.83. The molecule has 0 aliphatic heterocycles. The van der Waals surface area contributed by atoms with E-state index in [1.165, 1.54) is 127 Å². The predicted octanol–water partition coefficient (Wildman–Crippen LogP) is 13.5. The van der Waals surface area contributed by atoms with E-state index in [9.17, 15) is 4.79 Å². The van der Waals surface area contributed by atoms with Crippen molar-refractivity contribution in [3.05, 3.63) is 156 Å². The molecule has 0 amide bonds. The molecule has 258 valence electrons. The fraction of sp³-hybridized carbons (Fsp3) is 0.135. The summed E-state index contributed by atoms with van der Waals surface area (Å²) in [4.78, 5) is 11.4. The zero-order valence-electron chi connectivity index (χ0n) is 30.9. The Morgan fingerprint density at radius 3 is 1.43 bits per heavy atom. The minimum absolute atomic E-state index is 0.162. The highest BCUT2D eigenvalue weighted by atomic mass is 16.5. The van der Waals surface area contributed by atoms with Crippen molar-refractivity contribution in [3.63, 3.8) is 0 Å². The molecule has 10 aromatic rings. The topological polar surface area (TPSA) is 26.3 Å². The number of hydrogen-bond acceptors (Lipinski definition) is 2. The summed E-state index contributed by atoms with van der Waals surface area (Å²) >= 11 is 0. The van der Waals surface area contributed by atoms with Gasteiger partial charge in [0.05, 0.1) is 6.61 Å². The summed E-state index contributed by atoms with van der Waals surface area (Å²) in [7, 11) is 0. The van der Waals surface area contributed by atoms with Gasteiger partial charge >= 0.3 is 5.97 Å². The molecule has 0 fully saturated rings. The fourth-order valence-electron chi connectivity index (χ4n) is 9.89. The Morgan fingerprint density at radius 1 is 0.500 bits per heavy atom. The zero-order chi connectivity index (χ0) is 36.5. The van der Waals surface area contributed by atoms with E-state index < -0.39 is 0 Å². The number of esters is 1. The average Bonchev–Trinajstić information content (AvgIpc) is 3.40. The molecule has 2 heteroatoms. The molecule has 0 spiro atoms. The summed E-state index contributed by atoms with van der Waals surface area (Å²) in [5.41, 5.74) is 12.8. The first-order chi connectivity index (χ1) is 26.2. The molecule has 10 aromatic carbocycles. The maximum atomic E-state index is 11.4. The van der Waals surface area contributed by atoms with Crippen molar-refractivity contribution < 1.29 is 9.53 Å². The largest absolute Gasteiger partial charge is 0.466 e. The maximum absolute atomic E-state index is 11.4. The molecule has 0 heterocycles. The summed E-state index contributed by atoms with van der Waals surface area (Å²) in [6, 6.07) is 50.8. The van der Waals surface area contributed by atoms with Gasteiger partial charge in [-0.05, 0) is 139 Å². The summed E-state index contributed by atoms with van der Waals surface area (Å²) in [6.07, 6.45) is 0.703. The van der Waals surface area contributed by atoms with Crippen LogP contribution in [-0.4, -0.2) is 12.6 Å². The van der Waals surface area contributed by atoms with Crippen LogP contribution in [-0.2, 0) is 21.4 Å². The van der Waals surface area contributed by atoms with Crippen LogP contribution in [0.25, 0.3) is 98.0 Å². The van der Waals surface area contributed by atoms with Crippen LogP contribution in [0.15, 0.2) is 133 Å². The lowest BCUT2D eigenvalue weighted by Crippen LogP contribution is -2.15. The summed E-state index contributed by atoms with van der Waals surface area (Å²) in [5, 5.41) is 15.6. The molecule has 0 saturated heterocycles. The zero-order valence-corrected chi connectivity index (χ0v) is 30.9. The van der Waals surface area contributed by atoms with Gasteiger partial charge in [0.1, 0.15) is 0 Å². The maximum Gasteiger partial charge on any atom is 0.302 e. The smallest absolute Gasteiger partial charge is 0.302 e. The Labute approximate surface area is 314 Å². The lowest BCUT2D eigenvalue weighted by molar-refractivity contribution is -0.140. The highest BCUT2D eigenvalue weighted by molar-refractivity contribution is 6.27. The van der Waals surface area contributed by atoms with Gasteiger partial charge in [0.2, 0.25) is 0 Å². The van der Waals surface area contributed by atoms with Gasteiger partial charge in [-0.15, -0.1) is 0 Å². The van der Waals surface area contributed by atoms with Gasteiger partial charge in [-0.3, -0.25) is 4.79 Å². The van der Waals surface area contributed by atoms with Crippen LogP contribution in [0.4, 0.5) is 0 Å². The SMILES string of the molecule is CC(=O)OCCc1cc2ccc3ccc(-c4ccc5c(c4)C(C)(C)c4cc(-c6ccc7ccc8cc(C)cc9ccc6c7c89)ccc4-5)c4ccc(c1)c2c34. The lowest BCUT2D eigenvalue weighted by atomic mass is 9.80. The summed E-state index contributed by atoms with van der Waals surface area (Å²) < 4.78 is 5.25. The highest BCUT2D eigenvalue weighted by Gasteiger charge is 2.36. The molecular weight excluding hydrogens is 657 g/mol. The van der Waals surface area contributed by atoms with Crippen molar-refractivity contribution in [2.75, 3.05) is 6.61 Å². The molecule has 0 radical (unpaired) electrons. The van der Waals surface area contributed by atoms with Gasteiger partial charge in [-0.2, -0.15) is 0 Å². The number of carbonyl (C=O) groups excluding carboxylic acids is 1. The van der Waals surface area contributed by atoms with Crippen LogP contribution in [0.5, 0.6) is 0 Å². The molecule has 2 nitrogen and oxygen atoms in total. The predicted molar refractivity (Wildman–Crippen MR) is 227 cm³/mol. The van der Waals surface area contributed by atoms with Gasteiger partial charge in [0.15, 0.2) is 0 Å². The van der Waals surface area contributed by atoms with E-state index in [2.05, 4.69) is 154 Å². The third-order valence-electron chi connectivity index (χ3n) is 12.4. The van der Waals surface area contributed by atoms with E-state index in [4.69, 9.17) is 4.74 Å². The Kier molecular flexibility index (Phi) is 6.45. The fourth-order valence-corrected chi connectivity index (χ4v) is 9.89. The van der Waals surface area contributed by atoms with Crippen molar-refractivity contribution in [2.24, 2.45) is 0 Å². The molecule has 1 aliphatic carbocycles. The second kappa shape index (κ2) is 11.1. The molecule has 54 heavy (non-hydrogen) atoms. The second-order valence-electron chi connectivity index (χ2n) is 16.0. The van der Waals surface area contributed by atoms with Gasteiger partial charge in [-0.1, -0.05) is 135 Å². The molecule has 1 aliphatic rings. The first-order valence-electron chi connectivity index (χ1n) is 19.1. The molecule has 0 bridgehead atoms. The Bertz CT molecular complexity index is 3160. The minimum Gasteiger partial charge on any atom is -0.466 e. The van der Waals surface area contributed by atoms with Gasteiger partial charge in [-0.25, -0.2) is 0 Å². The molecule has 11 rings (SSSR count). The van der Waals surface area contributed by atoms with E-state index in [0.717, 1.165) is 0 Å². The number of fused-ring (bicyclic) bond motifs is 3. The normalized spacial score (nSPS) is 13.6. The van der Waals surface area contributed by atoms with Crippen LogP contribution in [0.1, 0.15) is 43.0 Å². The van der Waals surface area contributed by atoms with Gasteiger partial charge < -0.3 is 4.74 Å². The minimum atomic E-state index is -0.237. The number of aryl methyl sites for hydroxylation is 1. The Morgan fingerprint density at radius 2 is 0.926 bits per heavy atom. The molecule has 0 saturated carbocycles. The standard InChI is InChI=1S/C52H38O2/c1-29-23-36-7-5-32-9-15-40(44-19-13-37(24-29)48(36)50(32)44)34-11-17-42-43-18-12-35(28-47(43)52(3,4)46(42)27-34)41-16-10-33-6-8-38-25-31(21-22-54-30(2)53)26-39-14-20-45(41)51(33)49(38)39/h5-20,23-28H,21-22H2,1-4H3. The molecular formula is C52H38O2. The van der Waals surface area contributed by atoms with Crippen LogP contribution < -0.4 is 0 Å². The van der Waals surface area contributed by atoms with E-state index in [0.29, 0.717) is 13.0 Å². The van der Waals surface area contributed by atoms with Gasteiger partial charge in [0.25, 0.3) is 0 Å². The van der Waals surface area contributed by atoms with Crippen molar-refractivity contribution in [1.29, 1.82) is 0 Å². The van der Waals surface area contributed by atoms with Crippen LogP contribution in [0.2, 0.25) is 0 Å². The van der Waals surface area contributed by atoms with E-state index in [-0.39, 0.29) is 11.4 Å². The van der Waals surface area contributed by atoms with Crippen molar-refractivity contribution >= 4 is 70.6 Å². The number of hydrogen-bond donors (Lipinski definition) is 0. The first kappa shape index (κ1) is 31.3. The second-order valence-corrected chi connectivity index (χ2v) is 16.0. The molecule has 0 N–H and O–H groups in total. The van der Waals surface area contributed by atoms with E-state index in [1.807, 2.05) is 0 Å². The summed E-state index contributed by atoms with van der Waals surface area (Å²) in [5.74, 6) is -0.237. The third-order valence-corrected chi connectivity index (χ3v) is 12.4. The van der Waals surface area contributed by atoms with Crippen molar-refractivity contribution in [2.45, 2.75) is 39.5 Å². The van der Waals surface area contributed by atoms with Crippen molar-refractivity contribution in [1.82, 2.24) is 0 Å². The third kappa shape index (κ3) is 4.43. The monoisotopic (exact) mass is 694 g/mol. The number of carbonyl (C=O) groups is 1. The van der Waals surface area contributed by atoms with Gasteiger partial charge in [0, 0.05) is 18.8 Å². The molecule has 0 aromatic heterocycles. The van der Waals surface area contributed by atoms with Crippen LogP contribution in [0.3, 0.4) is 0 Å². The van der Waals surface area contributed by atoms with Crippen LogP contribution >= 0.6 is 0 Å². The molecule has 0 unspecified atom stereocenters. The average molecular weight is 695 g/mol. The van der Waals surface area contributed by atoms with Crippen LogP contribution in [0, 0.1) is 6.92 Å². The number of benzene rings is 10. The molecule has 0 atom stereocenters. The Hall–Kier alpha value is -6.25. The lowest BCUT2D eigenvalue weighted by Gasteiger charge is -2.23. The highest BCUT2D eigenvalue weighted by Crippen LogP contribution is 2.52. The van der Waals surface area contributed by atoms with E-state index >= 15 is 0 Å². The number of rotatable bonds is 5. The van der Waals surface area contributed by atoms with Crippen molar-refractivity contribution in [3.8, 4) is 33.4 Å². The number of ether oxygens (including phenoxy) is 1.